The molecule has 0 aromatic carbocycles. The van der Waals surface area contributed by atoms with E-state index in [1.807, 2.05) is 31.6 Å². The Morgan fingerprint density at radius 3 is 3.11 bits per heavy atom. The first-order chi connectivity index (χ1) is 8.81. The fourth-order valence-electron chi connectivity index (χ4n) is 2.49. The van der Waals surface area contributed by atoms with Gasteiger partial charge in [0, 0.05) is 44.4 Å². The molecule has 3 heterocycles. The van der Waals surface area contributed by atoms with Crippen molar-refractivity contribution in [2.24, 2.45) is 0 Å². The zero-order valence-corrected chi connectivity index (χ0v) is 10.5. The molecule has 2 aromatic heterocycles. The van der Waals surface area contributed by atoms with Crippen LogP contribution in [-0.4, -0.2) is 37.7 Å². The van der Waals surface area contributed by atoms with E-state index >= 15 is 0 Å². The third kappa shape index (κ3) is 2.41. The first-order valence-electron chi connectivity index (χ1n) is 6.30. The Bertz CT molecular complexity index is 508. The van der Waals surface area contributed by atoms with Crippen LogP contribution < -0.4 is 0 Å². The van der Waals surface area contributed by atoms with Gasteiger partial charge >= 0.3 is 0 Å². The van der Waals surface area contributed by atoms with Gasteiger partial charge in [0.1, 0.15) is 0 Å². The molecule has 2 aromatic rings. The van der Waals surface area contributed by atoms with Gasteiger partial charge < -0.3 is 0 Å². The number of nitrogens with zero attached hydrogens (tertiary/aromatic N) is 5. The van der Waals surface area contributed by atoms with E-state index in [0.29, 0.717) is 6.04 Å². The summed E-state index contributed by atoms with van der Waals surface area (Å²) in [6.07, 6.45) is 8.69. The molecule has 1 aliphatic heterocycles. The van der Waals surface area contributed by atoms with Crippen molar-refractivity contribution in [3.63, 3.8) is 0 Å². The highest BCUT2D eigenvalue weighted by atomic mass is 15.3. The van der Waals surface area contributed by atoms with E-state index in [1.165, 1.54) is 0 Å². The lowest BCUT2D eigenvalue weighted by Crippen LogP contribution is -2.22. The van der Waals surface area contributed by atoms with Gasteiger partial charge in [0.25, 0.3) is 0 Å². The van der Waals surface area contributed by atoms with E-state index in [2.05, 4.69) is 24.6 Å². The molecule has 1 saturated heterocycles. The van der Waals surface area contributed by atoms with E-state index in [4.69, 9.17) is 0 Å². The number of hydrogen-bond acceptors (Lipinski definition) is 4. The molecule has 1 unspecified atom stereocenters. The van der Waals surface area contributed by atoms with Gasteiger partial charge in [-0.25, -0.2) is 0 Å². The van der Waals surface area contributed by atoms with Crippen LogP contribution in [0.25, 0.3) is 0 Å². The Hall–Kier alpha value is -1.75. The minimum absolute atomic E-state index is 0.498. The van der Waals surface area contributed by atoms with E-state index in [0.717, 1.165) is 37.4 Å². The molecule has 94 valence electrons. The Morgan fingerprint density at radius 2 is 2.33 bits per heavy atom. The zero-order valence-electron chi connectivity index (χ0n) is 10.5. The highest BCUT2D eigenvalue weighted by Gasteiger charge is 2.24. The SMILES string of the molecule is Cc1cncc(CN2CCC(n3cccn3)C2)n1. The van der Waals surface area contributed by atoms with Crippen molar-refractivity contribution < 1.29 is 0 Å². The van der Waals surface area contributed by atoms with E-state index in [9.17, 15) is 0 Å². The molecule has 0 spiro atoms. The van der Waals surface area contributed by atoms with Crippen molar-refractivity contribution in [3.8, 4) is 0 Å². The smallest absolute Gasteiger partial charge is 0.0730 e. The average molecular weight is 243 g/mol. The monoisotopic (exact) mass is 243 g/mol. The van der Waals surface area contributed by atoms with Gasteiger partial charge in [-0.15, -0.1) is 0 Å². The summed E-state index contributed by atoms with van der Waals surface area (Å²) in [7, 11) is 0. The van der Waals surface area contributed by atoms with Gasteiger partial charge in [-0.2, -0.15) is 5.10 Å². The maximum atomic E-state index is 4.50. The van der Waals surface area contributed by atoms with Crippen LogP contribution in [0.3, 0.4) is 0 Å². The van der Waals surface area contributed by atoms with Gasteiger partial charge in [-0.1, -0.05) is 0 Å². The lowest BCUT2D eigenvalue weighted by atomic mass is 10.3. The second kappa shape index (κ2) is 4.86. The van der Waals surface area contributed by atoms with Crippen molar-refractivity contribution in [3.05, 3.63) is 42.2 Å². The number of likely N-dealkylation sites (tertiary alicyclic amines) is 1. The van der Waals surface area contributed by atoms with Gasteiger partial charge in [-0.3, -0.25) is 19.5 Å². The van der Waals surface area contributed by atoms with Crippen molar-refractivity contribution in [1.29, 1.82) is 0 Å². The standard InChI is InChI=1S/C13H17N5/c1-11-7-14-8-12(16-11)9-17-6-3-13(10-17)18-5-2-4-15-18/h2,4-5,7-8,13H,3,6,9-10H2,1H3. The number of hydrogen-bond donors (Lipinski definition) is 0. The van der Waals surface area contributed by atoms with Gasteiger partial charge in [0.2, 0.25) is 0 Å². The summed E-state index contributed by atoms with van der Waals surface area (Å²) < 4.78 is 2.06. The molecule has 0 N–H and O–H groups in total. The van der Waals surface area contributed by atoms with E-state index in [-0.39, 0.29) is 0 Å². The normalized spacial score (nSPS) is 20.4. The topological polar surface area (TPSA) is 46.8 Å². The maximum Gasteiger partial charge on any atom is 0.0730 e. The van der Waals surface area contributed by atoms with Crippen molar-refractivity contribution >= 4 is 0 Å². The summed E-state index contributed by atoms with van der Waals surface area (Å²) in [4.78, 5) is 11.1. The second-order valence-corrected chi connectivity index (χ2v) is 4.82. The molecule has 0 radical (unpaired) electrons. The minimum Gasteiger partial charge on any atom is -0.295 e. The molecule has 0 aliphatic carbocycles. The predicted octanol–water partition coefficient (Wildman–Crippen LogP) is 1.43. The van der Waals surface area contributed by atoms with Crippen molar-refractivity contribution in [2.45, 2.75) is 25.9 Å². The zero-order chi connectivity index (χ0) is 12.4. The highest BCUT2D eigenvalue weighted by molar-refractivity contribution is 5.02. The molecule has 5 nitrogen and oxygen atoms in total. The molecule has 0 saturated carbocycles. The van der Waals surface area contributed by atoms with Gasteiger partial charge in [-0.05, 0) is 19.4 Å². The second-order valence-electron chi connectivity index (χ2n) is 4.82. The largest absolute Gasteiger partial charge is 0.295 e. The molecule has 1 atom stereocenters. The summed E-state index contributed by atoms with van der Waals surface area (Å²) in [6, 6.07) is 2.48. The fourth-order valence-corrected chi connectivity index (χ4v) is 2.49. The van der Waals surface area contributed by atoms with Crippen molar-refractivity contribution in [2.75, 3.05) is 13.1 Å². The summed E-state index contributed by atoms with van der Waals surface area (Å²) in [5, 5.41) is 4.32. The van der Waals surface area contributed by atoms with Crippen LogP contribution in [-0.2, 0) is 6.54 Å². The fraction of sp³-hybridized carbons (Fsp3) is 0.462. The number of aryl methyl sites for hydroxylation is 1. The number of aromatic nitrogens is 4. The molecule has 1 aliphatic rings. The predicted molar refractivity (Wildman–Crippen MR) is 67.9 cm³/mol. The first kappa shape index (κ1) is 11.3. The Kier molecular flexibility index (Phi) is 3.06. The van der Waals surface area contributed by atoms with Gasteiger partial charge in [0.15, 0.2) is 0 Å². The van der Waals surface area contributed by atoms with Crippen LogP contribution in [0.2, 0.25) is 0 Å². The first-order valence-corrected chi connectivity index (χ1v) is 6.30. The van der Waals surface area contributed by atoms with Crippen LogP contribution in [0.4, 0.5) is 0 Å². The van der Waals surface area contributed by atoms with E-state index in [1.54, 1.807) is 6.20 Å². The summed E-state index contributed by atoms with van der Waals surface area (Å²) >= 11 is 0. The highest BCUT2D eigenvalue weighted by Crippen LogP contribution is 2.21. The Balaban J connectivity index is 1.63. The number of rotatable bonds is 3. The maximum absolute atomic E-state index is 4.50. The van der Waals surface area contributed by atoms with Crippen LogP contribution in [0.1, 0.15) is 23.9 Å². The Morgan fingerprint density at radius 1 is 1.39 bits per heavy atom. The van der Waals surface area contributed by atoms with Crippen LogP contribution >= 0.6 is 0 Å². The van der Waals surface area contributed by atoms with Crippen LogP contribution in [0.5, 0.6) is 0 Å². The lowest BCUT2D eigenvalue weighted by molar-refractivity contribution is 0.307. The van der Waals surface area contributed by atoms with E-state index < -0.39 is 0 Å². The molecule has 0 amide bonds. The van der Waals surface area contributed by atoms with Crippen LogP contribution in [0.15, 0.2) is 30.9 Å². The minimum atomic E-state index is 0.498. The third-order valence-electron chi connectivity index (χ3n) is 3.34. The molecular formula is C13H17N5. The summed E-state index contributed by atoms with van der Waals surface area (Å²) in [6.45, 7) is 5.00. The Labute approximate surface area is 106 Å². The molecule has 18 heavy (non-hydrogen) atoms. The molecule has 1 fully saturated rings. The molecule has 3 rings (SSSR count). The molecule has 0 bridgehead atoms. The molecular weight excluding hydrogens is 226 g/mol. The summed E-state index contributed by atoms with van der Waals surface area (Å²) in [5.74, 6) is 0. The quantitative estimate of drug-likeness (QED) is 0.818. The van der Waals surface area contributed by atoms with Crippen molar-refractivity contribution in [1.82, 2.24) is 24.6 Å². The van der Waals surface area contributed by atoms with Gasteiger partial charge in [0.05, 0.1) is 17.4 Å². The average Bonchev–Trinajstić information content (AvgIpc) is 2.98. The third-order valence-corrected chi connectivity index (χ3v) is 3.34. The summed E-state index contributed by atoms with van der Waals surface area (Å²) in [5.41, 5.74) is 2.03. The van der Waals surface area contributed by atoms with Crippen LogP contribution in [0, 0.1) is 6.92 Å². The lowest BCUT2D eigenvalue weighted by Gasteiger charge is -2.15. The molecule has 5 heteroatoms.